The molecule has 6 nitrogen and oxygen atoms in total. The average molecular weight is 280 g/mol. The molecule has 0 aromatic carbocycles. The molecule has 6 heteroatoms. The summed E-state index contributed by atoms with van der Waals surface area (Å²) in [6.07, 6.45) is 2.91. The van der Waals surface area contributed by atoms with E-state index in [0.29, 0.717) is 32.1 Å². The fourth-order valence-corrected chi connectivity index (χ4v) is 1.81. The molecule has 0 saturated carbocycles. The predicted octanol–water partition coefficient (Wildman–Crippen LogP) is 2.13. The lowest BCUT2D eigenvalue weighted by Gasteiger charge is -2.35. The number of carbonyl (C=O) groups excluding carboxylic acids is 1. The quantitative estimate of drug-likeness (QED) is 0.546. The Hall–Kier alpha value is -1.85. The minimum atomic E-state index is -0.462. The molecule has 0 aliphatic carbocycles. The highest BCUT2D eigenvalue weighted by atomic mass is 16.6. The lowest BCUT2D eigenvalue weighted by Crippen LogP contribution is -2.51. The predicted molar refractivity (Wildman–Crippen MR) is 81.2 cm³/mol. The van der Waals surface area contributed by atoms with Crippen molar-refractivity contribution in [3.05, 3.63) is 12.8 Å². The molecule has 1 amide bonds. The van der Waals surface area contributed by atoms with E-state index in [1.54, 1.807) is 11.1 Å². The molecule has 0 unspecified atom stereocenters. The largest absolute Gasteiger partial charge is 0.444 e. The van der Waals surface area contributed by atoms with Gasteiger partial charge >= 0.3 is 6.09 Å². The molecule has 0 aromatic rings. The molecule has 1 aliphatic rings. The minimum absolute atomic E-state index is 0.265. The molecule has 1 rings (SSSR count). The summed E-state index contributed by atoms with van der Waals surface area (Å²) in [7, 11) is 0. The van der Waals surface area contributed by atoms with Crippen molar-refractivity contribution in [2.45, 2.75) is 33.3 Å². The van der Waals surface area contributed by atoms with Crippen molar-refractivity contribution in [1.29, 1.82) is 0 Å². The van der Waals surface area contributed by atoms with Crippen LogP contribution in [0.1, 0.15) is 27.7 Å². The van der Waals surface area contributed by atoms with E-state index in [-0.39, 0.29) is 6.09 Å². The minimum Gasteiger partial charge on any atom is -0.444 e. The van der Waals surface area contributed by atoms with Gasteiger partial charge in [-0.3, -0.25) is 0 Å². The number of carbonyl (C=O) groups is 1. The molecule has 0 spiro atoms. The van der Waals surface area contributed by atoms with Crippen LogP contribution < -0.4 is 0 Å². The number of ether oxygens (including phenoxy) is 1. The molecule has 1 saturated heterocycles. The van der Waals surface area contributed by atoms with Crippen LogP contribution in [-0.4, -0.2) is 59.8 Å². The smallest absolute Gasteiger partial charge is 0.410 e. The second-order valence-corrected chi connectivity index (χ2v) is 5.45. The molecule has 0 bridgehead atoms. The number of amides is 1. The van der Waals surface area contributed by atoms with E-state index in [2.05, 4.69) is 16.6 Å². The highest BCUT2D eigenvalue weighted by Gasteiger charge is 2.26. The normalized spacial score (nSPS) is 17.5. The Morgan fingerprint density at radius 2 is 1.75 bits per heavy atom. The monoisotopic (exact) mass is 280 g/mol. The van der Waals surface area contributed by atoms with Crippen molar-refractivity contribution >= 4 is 18.3 Å². The number of guanidine groups is 1. The Morgan fingerprint density at radius 1 is 1.20 bits per heavy atom. The molecular weight excluding hydrogens is 256 g/mol. The Bertz CT molecular complexity index is 402. The van der Waals surface area contributed by atoms with Crippen LogP contribution in [0.15, 0.2) is 22.8 Å². The summed E-state index contributed by atoms with van der Waals surface area (Å²) in [6.45, 7) is 13.6. The van der Waals surface area contributed by atoms with Gasteiger partial charge in [0.1, 0.15) is 5.60 Å². The third-order valence-corrected chi connectivity index (χ3v) is 2.67. The number of piperazine rings is 1. The number of hydrogen-bond acceptors (Lipinski definition) is 3. The summed E-state index contributed by atoms with van der Waals surface area (Å²) >= 11 is 0. The third kappa shape index (κ3) is 5.03. The highest BCUT2D eigenvalue weighted by Crippen LogP contribution is 2.12. The summed E-state index contributed by atoms with van der Waals surface area (Å²) in [5.41, 5.74) is -0.462. The summed E-state index contributed by atoms with van der Waals surface area (Å²) in [4.78, 5) is 24.0. The molecule has 0 atom stereocenters. The molecule has 1 aliphatic heterocycles. The number of aliphatic imine (C=N–C) groups is 2. The van der Waals surface area contributed by atoms with Crippen molar-refractivity contribution in [2.24, 2.45) is 9.98 Å². The number of nitrogens with zero attached hydrogens (tertiary/aromatic N) is 4. The van der Waals surface area contributed by atoms with Crippen LogP contribution in [0, 0.1) is 0 Å². The van der Waals surface area contributed by atoms with Gasteiger partial charge in [0.25, 0.3) is 0 Å². The van der Waals surface area contributed by atoms with E-state index in [1.807, 2.05) is 32.6 Å². The number of rotatable bonds is 1. The van der Waals surface area contributed by atoms with E-state index in [9.17, 15) is 4.79 Å². The zero-order chi connectivity index (χ0) is 15.2. The topological polar surface area (TPSA) is 57.5 Å². The highest BCUT2D eigenvalue weighted by molar-refractivity contribution is 5.87. The first-order valence-electron chi connectivity index (χ1n) is 6.77. The summed E-state index contributed by atoms with van der Waals surface area (Å²) in [5, 5.41) is 0. The maximum Gasteiger partial charge on any atom is 0.410 e. The van der Waals surface area contributed by atoms with Gasteiger partial charge in [-0.2, -0.15) is 0 Å². The lowest BCUT2D eigenvalue weighted by molar-refractivity contribution is 0.0186. The molecule has 20 heavy (non-hydrogen) atoms. The van der Waals surface area contributed by atoms with Gasteiger partial charge in [0.2, 0.25) is 5.96 Å². The van der Waals surface area contributed by atoms with Gasteiger partial charge < -0.3 is 14.5 Å². The van der Waals surface area contributed by atoms with Crippen molar-refractivity contribution in [3.63, 3.8) is 0 Å². The fourth-order valence-electron chi connectivity index (χ4n) is 1.81. The summed E-state index contributed by atoms with van der Waals surface area (Å²) in [6, 6.07) is 0. The van der Waals surface area contributed by atoms with Gasteiger partial charge in [0.15, 0.2) is 0 Å². The molecule has 112 valence electrons. The van der Waals surface area contributed by atoms with Gasteiger partial charge in [-0.05, 0) is 27.7 Å². The molecule has 0 aromatic heterocycles. The second kappa shape index (κ2) is 7.07. The van der Waals surface area contributed by atoms with Crippen molar-refractivity contribution in [2.75, 3.05) is 26.2 Å². The van der Waals surface area contributed by atoms with Crippen LogP contribution >= 0.6 is 0 Å². The first-order chi connectivity index (χ1) is 9.37. The Labute approximate surface area is 120 Å². The molecule has 0 radical (unpaired) electrons. The zero-order valence-corrected chi connectivity index (χ0v) is 12.8. The first-order valence-corrected chi connectivity index (χ1v) is 6.77. The van der Waals surface area contributed by atoms with Crippen LogP contribution in [-0.2, 0) is 4.74 Å². The van der Waals surface area contributed by atoms with E-state index in [0.717, 1.165) is 0 Å². The van der Waals surface area contributed by atoms with Gasteiger partial charge in [-0.1, -0.05) is 6.58 Å². The SMILES string of the molecule is C=CN=C(N=CC)N1CCN(C(=O)OC(C)(C)C)CC1. The maximum atomic E-state index is 12.0. The fraction of sp³-hybridized carbons (Fsp3) is 0.643. The van der Waals surface area contributed by atoms with Crippen LogP contribution in [0.4, 0.5) is 4.79 Å². The third-order valence-electron chi connectivity index (χ3n) is 2.67. The zero-order valence-electron chi connectivity index (χ0n) is 12.8. The lowest BCUT2D eigenvalue weighted by atomic mass is 10.2. The van der Waals surface area contributed by atoms with Gasteiger partial charge in [-0.15, -0.1) is 0 Å². The van der Waals surface area contributed by atoms with Crippen molar-refractivity contribution in [3.8, 4) is 0 Å². The Morgan fingerprint density at radius 3 is 2.20 bits per heavy atom. The van der Waals surface area contributed by atoms with Crippen molar-refractivity contribution < 1.29 is 9.53 Å². The van der Waals surface area contributed by atoms with Gasteiger partial charge in [-0.25, -0.2) is 14.8 Å². The van der Waals surface area contributed by atoms with E-state index >= 15 is 0 Å². The van der Waals surface area contributed by atoms with E-state index < -0.39 is 5.60 Å². The van der Waals surface area contributed by atoms with Crippen molar-refractivity contribution in [1.82, 2.24) is 9.80 Å². The van der Waals surface area contributed by atoms with Crippen LogP contribution in [0.2, 0.25) is 0 Å². The summed E-state index contributed by atoms with van der Waals surface area (Å²) in [5.74, 6) is 0.631. The maximum absolute atomic E-state index is 12.0. The Kier molecular flexibility index (Phi) is 5.73. The summed E-state index contributed by atoms with van der Waals surface area (Å²) < 4.78 is 5.36. The molecular formula is C14H24N4O2. The van der Waals surface area contributed by atoms with Crippen LogP contribution in [0.5, 0.6) is 0 Å². The Balaban J connectivity index is 2.57. The van der Waals surface area contributed by atoms with Crippen LogP contribution in [0.25, 0.3) is 0 Å². The van der Waals surface area contributed by atoms with Gasteiger partial charge in [0.05, 0.1) is 0 Å². The van der Waals surface area contributed by atoms with Gasteiger partial charge in [0, 0.05) is 38.6 Å². The molecule has 0 N–H and O–H groups in total. The first kappa shape index (κ1) is 16.2. The van der Waals surface area contributed by atoms with E-state index in [4.69, 9.17) is 4.74 Å². The standard InChI is InChI=1S/C14H24N4O2/c1-6-15-12(16-7-2)17-8-10-18(11-9-17)13(19)20-14(3,4)5/h6-7H,1,8-11H2,2-5H3. The van der Waals surface area contributed by atoms with Crippen LogP contribution in [0.3, 0.4) is 0 Å². The number of hydrogen-bond donors (Lipinski definition) is 0. The second-order valence-electron chi connectivity index (χ2n) is 5.45. The van der Waals surface area contributed by atoms with E-state index in [1.165, 1.54) is 6.20 Å². The molecule has 1 heterocycles. The molecule has 1 fully saturated rings. The average Bonchev–Trinajstić information content (AvgIpc) is 2.37.